The summed E-state index contributed by atoms with van der Waals surface area (Å²) >= 11 is 4.78. The maximum absolute atomic E-state index is 12.1. The number of benzene rings is 2. The number of thiazole rings is 1. The van der Waals surface area contributed by atoms with E-state index >= 15 is 0 Å². The SMILES string of the molecule is COc1ccccc1-c1csc(NC(=O)COc2ccc(C)cc2Br)n1. The number of nitrogens with one attached hydrogen (secondary N) is 1. The van der Waals surface area contributed by atoms with E-state index in [1.807, 2.05) is 54.8 Å². The van der Waals surface area contributed by atoms with Gasteiger partial charge in [0.15, 0.2) is 11.7 Å². The van der Waals surface area contributed by atoms with Gasteiger partial charge in [0.1, 0.15) is 11.5 Å². The van der Waals surface area contributed by atoms with Crippen LogP contribution in [0.25, 0.3) is 11.3 Å². The average Bonchev–Trinajstić information content (AvgIpc) is 3.09. The Bertz CT molecular complexity index is 927. The number of hydrogen-bond donors (Lipinski definition) is 1. The monoisotopic (exact) mass is 432 g/mol. The van der Waals surface area contributed by atoms with Crippen molar-refractivity contribution in [3.8, 4) is 22.8 Å². The van der Waals surface area contributed by atoms with E-state index in [1.165, 1.54) is 11.3 Å². The van der Waals surface area contributed by atoms with Crippen LogP contribution in [0.4, 0.5) is 5.13 Å². The second-order valence-corrected chi connectivity index (χ2v) is 7.22. The summed E-state index contributed by atoms with van der Waals surface area (Å²) in [4.78, 5) is 16.6. The lowest BCUT2D eigenvalue weighted by molar-refractivity contribution is -0.118. The predicted molar refractivity (Wildman–Crippen MR) is 107 cm³/mol. The van der Waals surface area contributed by atoms with Crippen LogP contribution in [0.5, 0.6) is 11.5 Å². The standard InChI is InChI=1S/C19H17BrN2O3S/c1-12-7-8-17(14(20)9-12)25-10-18(23)22-19-21-15(11-26-19)13-5-3-4-6-16(13)24-2/h3-9,11H,10H2,1-2H3,(H,21,22,23). The first-order valence-electron chi connectivity index (χ1n) is 7.84. The zero-order chi connectivity index (χ0) is 18.5. The van der Waals surface area contributed by atoms with E-state index < -0.39 is 0 Å². The van der Waals surface area contributed by atoms with Crippen molar-refractivity contribution in [2.75, 3.05) is 19.0 Å². The Morgan fingerprint density at radius 2 is 2.04 bits per heavy atom. The van der Waals surface area contributed by atoms with Crippen LogP contribution >= 0.6 is 27.3 Å². The van der Waals surface area contributed by atoms with Gasteiger partial charge >= 0.3 is 0 Å². The molecule has 0 saturated heterocycles. The van der Waals surface area contributed by atoms with Crippen molar-refractivity contribution in [3.63, 3.8) is 0 Å². The normalized spacial score (nSPS) is 10.4. The fourth-order valence-electron chi connectivity index (χ4n) is 2.33. The van der Waals surface area contributed by atoms with Crippen molar-refractivity contribution in [3.05, 3.63) is 57.9 Å². The zero-order valence-corrected chi connectivity index (χ0v) is 16.7. The van der Waals surface area contributed by atoms with Crippen LogP contribution < -0.4 is 14.8 Å². The Kier molecular flexibility index (Phi) is 5.90. The van der Waals surface area contributed by atoms with Crippen LogP contribution in [0.3, 0.4) is 0 Å². The molecule has 0 aliphatic carbocycles. The minimum Gasteiger partial charge on any atom is -0.496 e. The highest BCUT2D eigenvalue weighted by molar-refractivity contribution is 9.10. The van der Waals surface area contributed by atoms with Gasteiger partial charge in [-0.05, 0) is 52.7 Å². The number of halogens is 1. The number of rotatable bonds is 6. The number of hydrogen-bond acceptors (Lipinski definition) is 5. The fraction of sp³-hybridized carbons (Fsp3) is 0.158. The van der Waals surface area contributed by atoms with Gasteiger partial charge in [-0.25, -0.2) is 4.98 Å². The maximum atomic E-state index is 12.1. The predicted octanol–water partition coefficient (Wildman–Crippen LogP) is 4.91. The third-order valence-electron chi connectivity index (χ3n) is 3.58. The van der Waals surface area contributed by atoms with Gasteiger partial charge in [-0.15, -0.1) is 11.3 Å². The highest BCUT2D eigenvalue weighted by Crippen LogP contribution is 2.32. The van der Waals surface area contributed by atoms with Crippen LogP contribution in [0, 0.1) is 6.92 Å². The summed E-state index contributed by atoms with van der Waals surface area (Å²) in [6.07, 6.45) is 0. The van der Waals surface area contributed by atoms with Crippen molar-refractivity contribution >= 4 is 38.3 Å². The van der Waals surface area contributed by atoms with Gasteiger partial charge in [-0.3, -0.25) is 10.1 Å². The molecule has 134 valence electrons. The number of aryl methyl sites for hydroxylation is 1. The van der Waals surface area contributed by atoms with Crippen LogP contribution in [-0.4, -0.2) is 24.6 Å². The molecule has 0 bridgehead atoms. The minimum absolute atomic E-state index is 0.0920. The number of aromatic nitrogens is 1. The lowest BCUT2D eigenvalue weighted by Gasteiger charge is -2.08. The van der Waals surface area contributed by atoms with E-state index in [-0.39, 0.29) is 12.5 Å². The fourth-order valence-corrected chi connectivity index (χ4v) is 3.67. The summed E-state index contributed by atoms with van der Waals surface area (Å²) < 4.78 is 11.7. The van der Waals surface area contributed by atoms with E-state index in [1.54, 1.807) is 7.11 Å². The van der Waals surface area contributed by atoms with E-state index in [4.69, 9.17) is 9.47 Å². The van der Waals surface area contributed by atoms with Gasteiger partial charge < -0.3 is 9.47 Å². The summed E-state index contributed by atoms with van der Waals surface area (Å²) in [5.74, 6) is 1.10. The smallest absolute Gasteiger partial charge is 0.264 e. The number of nitrogens with zero attached hydrogens (tertiary/aromatic N) is 1. The van der Waals surface area contributed by atoms with Crippen molar-refractivity contribution in [1.29, 1.82) is 0 Å². The summed E-state index contributed by atoms with van der Waals surface area (Å²) in [5, 5.41) is 5.15. The third-order valence-corrected chi connectivity index (χ3v) is 4.96. The molecule has 0 fully saturated rings. The Hall–Kier alpha value is -2.38. The largest absolute Gasteiger partial charge is 0.496 e. The number of para-hydroxylation sites is 1. The molecule has 3 aromatic rings. The van der Waals surface area contributed by atoms with Gasteiger partial charge in [0.05, 0.1) is 17.3 Å². The van der Waals surface area contributed by atoms with E-state index in [9.17, 15) is 4.79 Å². The Morgan fingerprint density at radius 1 is 1.23 bits per heavy atom. The quantitative estimate of drug-likeness (QED) is 0.601. The molecule has 7 heteroatoms. The highest BCUT2D eigenvalue weighted by atomic mass is 79.9. The molecular weight excluding hydrogens is 416 g/mol. The lowest BCUT2D eigenvalue weighted by atomic mass is 10.1. The number of anilines is 1. The van der Waals surface area contributed by atoms with E-state index in [0.29, 0.717) is 10.9 Å². The number of carbonyl (C=O) groups is 1. The van der Waals surface area contributed by atoms with Crippen molar-refractivity contribution < 1.29 is 14.3 Å². The molecule has 1 heterocycles. The van der Waals surface area contributed by atoms with Crippen molar-refractivity contribution in [2.45, 2.75) is 6.92 Å². The van der Waals surface area contributed by atoms with Crippen LogP contribution in [-0.2, 0) is 4.79 Å². The summed E-state index contributed by atoms with van der Waals surface area (Å²) in [7, 11) is 1.62. The molecule has 0 spiro atoms. The van der Waals surface area contributed by atoms with Crippen LogP contribution in [0.2, 0.25) is 0 Å². The van der Waals surface area contributed by atoms with Gasteiger partial charge in [-0.1, -0.05) is 18.2 Å². The lowest BCUT2D eigenvalue weighted by Crippen LogP contribution is -2.20. The van der Waals surface area contributed by atoms with Crippen molar-refractivity contribution in [2.24, 2.45) is 0 Å². The minimum atomic E-state index is -0.265. The first-order valence-corrected chi connectivity index (χ1v) is 9.52. The molecule has 2 aromatic carbocycles. The molecule has 1 aromatic heterocycles. The summed E-state index contributed by atoms with van der Waals surface area (Å²) in [5.41, 5.74) is 2.75. The second-order valence-electron chi connectivity index (χ2n) is 5.51. The topological polar surface area (TPSA) is 60.5 Å². The van der Waals surface area contributed by atoms with Gasteiger partial charge in [0.2, 0.25) is 0 Å². The Balaban J connectivity index is 1.62. The maximum Gasteiger partial charge on any atom is 0.264 e. The summed E-state index contributed by atoms with van der Waals surface area (Å²) in [6.45, 7) is 1.90. The van der Waals surface area contributed by atoms with Gasteiger partial charge in [0.25, 0.3) is 5.91 Å². The Labute approximate surface area is 164 Å². The first-order chi connectivity index (χ1) is 12.6. The third kappa shape index (κ3) is 4.42. The number of amides is 1. The second kappa shape index (κ2) is 8.33. The van der Waals surface area contributed by atoms with Gasteiger partial charge in [0, 0.05) is 10.9 Å². The molecule has 1 N–H and O–H groups in total. The first kappa shape index (κ1) is 18.4. The van der Waals surface area contributed by atoms with Crippen LogP contribution in [0.15, 0.2) is 52.3 Å². The molecule has 0 radical (unpaired) electrons. The number of methoxy groups -OCH3 is 1. The van der Waals surface area contributed by atoms with Gasteiger partial charge in [-0.2, -0.15) is 0 Å². The van der Waals surface area contributed by atoms with Crippen LogP contribution in [0.1, 0.15) is 5.56 Å². The highest BCUT2D eigenvalue weighted by Gasteiger charge is 2.12. The molecule has 0 unspecified atom stereocenters. The molecule has 0 aliphatic heterocycles. The molecule has 26 heavy (non-hydrogen) atoms. The summed E-state index contributed by atoms with van der Waals surface area (Å²) in [6, 6.07) is 13.3. The number of ether oxygens (including phenoxy) is 2. The van der Waals surface area contributed by atoms with E-state index in [0.717, 1.165) is 27.0 Å². The number of carbonyl (C=O) groups excluding carboxylic acids is 1. The van der Waals surface area contributed by atoms with Crippen molar-refractivity contribution in [1.82, 2.24) is 4.98 Å². The molecule has 0 saturated carbocycles. The molecule has 0 atom stereocenters. The molecular formula is C19H17BrN2O3S. The average molecular weight is 433 g/mol. The molecule has 1 amide bonds. The molecule has 5 nitrogen and oxygen atoms in total. The molecule has 3 rings (SSSR count). The molecule has 0 aliphatic rings. The zero-order valence-electron chi connectivity index (χ0n) is 14.3. The van der Waals surface area contributed by atoms with E-state index in [2.05, 4.69) is 26.2 Å². The Morgan fingerprint density at radius 3 is 2.81 bits per heavy atom.